The fourth-order valence-corrected chi connectivity index (χ4v) is 4.64. The highest BCUT2D eigenvalue weighted by molar-refractivity contribution is 9.08. The molecule has 1 saturated carbocycles. The van der Waals surface area contributed by atoms with Crippen LogP contribution in [0.2, 0.25) is 0 Å². The van der Waals surface area contributed by atoms with E-state index in [0.29, 0.717) is 16.5 Å². The molecule has 192 valence electrons. The molecule has 1 aliphatic rings. The Hall–Kier alpha value is -2.88. The average Bonchev–Trinajstić information content (AvgIpc) is 3.59. The lowest BCUT2D eigenvalue weighted by Gasteiger charge is -2.22. The number of carbonyl (C=O) groups excluding carboxylic acids is 1. The smallest absolute Gasteiger partial charge is 0.435 e. The first-order valence-electron chi connectivity index (χ1n) is 11.6. The Morgan fingerprint density at radius 3 is 2.56 bits per heavy atom. The minimum atomic E-state index is -4.69. The molecule has 0 radical (unpaired) electrons. The van der Waals surface area contributed by atoms with E-state index in [-0.39, 0.29) is 46.8 Å². The van der Waals surface area contributed by atoms with Gasteiger partial charge < -0.3 is 10.1 Å². The number of nitrogens with zero attached hydrogens (tertiary/aromatic N) is 2. The molecule has 1 heterocycles. The van der Waals surface area contributed by atoms with Gasteiger partial charge in [-0.05, 0) is 67.5 Å². The van der Waals surface area contributed by atoms with Gasteiger partial charge in [-0.25, -0.2) is 4.39 Å². The average molecular weight is 568 g/mol. The molecule has 1 aromatic heterocycles. The van der Waals surface area contributed by atoms with E-state index in [2.05, 4.69) is 26.3 Å². The second-order valence-electron chi connectivity index (χ2n) is 8.95. The van der Waals surface area contributed by atoms with Crippen molar-refractivity contribution >= 4 is 21.8 Å². The van der Waals surface area contributed by atoms with Gasteiger partial charge in [0.25, 0.3) is 5.91 Å². The molecule has 10 heteroatoms. The van der Waals surface area contributed by atoms with E-state index in [9.17, 15) is 22.4 Å². The van der Waals surface area contributed by atoms with Crippen LogP contribution in [0.15, 0.2) is 36.5 Å². The second kappa shape index (κ2) is 10.2. The molecule has 0 spiro atoms. The standard InChI is InChI=1S/C26H26BrF4N3O2/c1-4-36-23-18(20-13-34(3)33-24(20)26(29,30)31)10-15(12-27)11-19(23)25(35)32-22(16-5-6-16)17-7-8-21(28)14(2)9-17/h7-11,13,16,22H,4-6,12H2,1-3H3,(H,32,35)/t22-/m0/s1. The van der Waals surface area contributed by atoms with Crippen LogP contribution < -0.4 is 10.1 Å². The van der Waals surface area contributed by atoms with Gasteiger partial charge in [-0.3, -0.25) is 9.48 Å². The lowest BCUT2D eigenvalue weighted by atomic mass is 9.96. The maximum absolute atomic E-state index is 13.9. The molecule has 36 heavy (non-hydrogen) atoms. The van der Waals surface area contributed by atoms with Crippen LogP contribution in [0, 0.1) is 18.7 Å². The summed E-state index contributed by atoms with van der Waals surface area (Å²) in [6.07, 6.45) is -1.59. The van der Waals surface area contributed by atoms with Crippen molar-refractivity contribution in [1.29, 1.82) is 0 Å². The number of benzene rings is 2. The summed E-state index contributed by atoms with van der Waals surface area (Å²) in [5.41, 5.74) is 0.912. The highest BCUT2D eigenvalue weighted by Gasteiger charge is 2.39. The van der Waals surface area contributed by atoms with Crippen molar-refractivity contribution in [1.82, 2.24) is 15.1 Å². The van der Waals surface area contributed by atoms with Gasteiger partial charge in [-0.1, -0.05) is 28.1 Å². The van der Waals surface area contributed by atoms with Crippen LogP contribution in [0.4, 0.5) is 17.6 Å². The van der Waals surface area contributed by atoms with E-state index in [0.717, 1.165) is 23.1 Å². The van der Waals surface area contributed by atoms with E-state index >= 15 is 0 Å². The molecule has 4 rings (SSSR count). The van der Waals surface area contributed by atoms with Crippen molar-refractivity contribution in [3.05, 3.63) is 70.3 Å². The second-order valence-corrected chi connectivity index (χ2v) is 9.51. The largest absolute Gasteiger partial charge is 0.492 e. The SMILES string of the molecule is CCOc1c(C(=O)N[C@H](c2ccc(F)c(C)c2)C2CC2)cc(CBr)cc1-c1cn(C)nc1C(F)(F)F. The summed E-state index contributed by atoms with van der Waals surface area (Å²) in [5, 5.41) is 6.97. The van der Waals surface area contributed by atoms with Crippen molar-refractivity contribution in [2.45, 2.75) is 44.2 Å². The molecule has 1 fully saturated rings. The summed E-state index contributed by atoms with van der Waals surface area (Å²) in [7, 11) is 1.41. The molecule has 0 aliphatic heterocycles. The minimum absolute atomic E-state index is 0.0584. The number of aryl methyl sites for hydroxylation is 2. The number of hydrogen-bond donors (Lipinski definition) is 1. The molecule has 0 bridgehead atoms. The first-order chi connectivity index (χ1) is 17.0. The van der Waals surface area contributed by atoms with Gasteiger partial charge in [0.1, 0.15) is 11.6 Å². The molecule has 0 unspecified atom stereocenters. The fourth-order valence-electron chi connectivity index (χ4n) is 4.31. The van der Waals surface area contributed by atoms with E-state index in [4.69, 9.17) is 4.74 Å². The molecule has 3 aromatic rings. The maximum atomic E-state index is 13.9. The van der Waals surface area contributed by atoms with Gasteiger partial charge in [-0.15, -0.1) is 0 Å². The first kappa shape index (κ1) is 26.2. The van der Waals surface area contributed by atoms with Crippen molar-refractivity contribution in [2.75, 3.05) is 6.61 Å². The number of hydrogen-bond acceptors (Lipinski definition) is 3. The third-order valence-electron chi connectivity index (χ3n) is 6.14. The molecule has 1 N–H and O–H groups in total. The molecule has 2 aromatic carbocycles. The molecule has 5 nitrogen and oxygen atoms in total. The minimum Gasteiger partial charge on any atom is -0.492 e. The lowest BCUT2D eigenvalue weighted by Crippen LogP contribution is -2.30. The molecular formula is C26H26BrF4N3O2. The van der Waals surface area contributed by atoms with E-state index in [1.165, 1.54) is 19.3 Å². The molecule has 1 amide bonds. The topological polar surface area (TPSA) is 56.1 Å². The third-order valence-corrected chi connectivity index (χ3v) is 6.79. The van der Waals surface area contributed by atoms with Crippen LogP contribution in [0.1, 0.15) is 58.5 Å². The fraction of sp³-hybridized carbons (Fsp3) is 0.385. The number of rotatable bonds is 8. The van der Waals surface area contributed by atoms with Gasteiger partial charge in [0.2, 0.25) is 0 Å². The van der Waals surface area contributed by atoms with Gasteiger partial charge in [0, 0.05) is 29.7 Å². The van der Waals surface area contributed by atoms with Crippen LogP contribution in [-0.2, 0) is 18.6 Å². The summed E-state index contributed by atoms with van der Waals surface area (Å²) in [4.78, 5) is 13.6. The first-order valence-corrected chi connectivity index (χ1v) is 12.7. The van der Waals surface area contributed by atoms with E-state index in [1.807, 2.05) is 0 Å². The number of alkyl halides is 4. The summed E-state index contributed by atoms with van der Waals surface area (Å²) in [6, 6.07) is 7.58. The molecule has 1 atom stereocenters. The summed E-state index contributed by atoms with van der Waals surface area (Å²) < 4.78 is 62.1. The van der Waals surface area contributed by atoms with E-state index in [1.54, 1.807) is 38.1 Å². The van der Waals surface area contributed by atoms with E-state index < -0.39 is 17.8 Å². The predicted molar refractivity (Wildman–Crippen MR) is 132 cm³/mol. The Kier molecular flexibility index (Phi) is 7.45. The van der Waals surface area contributed by atoms with Crippen molar-refractivity contribution in [2.24, 2.45) is 13.0 Å². The number of amides is 1. The highest BCUT2D eigenvalue weighted by Crippen LogP contribution is 2.44. The predicted octanol–water partition coefficient (Wildman–Crippen LogP) is 6.73. The molecule has 0 saturated heterocycles. The van der Waals surface area contributed by atoms with Crippen LogP contribution in [0.3, 0.4) is 0 Å². The molecular weight excluding hydrogens is 542 g/mol. The van der Waals surface area contributed by atoms with Crippen LogP contribution in [-0.4, -0.2) is 22.3 Å². The Morgan fingerprint density at radius 2 is 1.97 bits per heavy atom. The monoisotopic (exact) mass is 567 g/mol. The summed E-state index contributed by atoms with van der Waals surface area (Å²) in [6.45, 7) is 3.51. The molecule has 1 aliphatic carbocycles. The lowest BCUT2D eigenvalue weighted by molar-refractivity contribution is -0.140. The Labute approximate surface area is 215 Å². The third kappa shape index (κ3) is 5.43. The zero-order valence-corrected chi connectivity index (χ0v) is 21.6. The summed E-state index contributed by atoms with van der Waals surface area (Å²) >= 11 is 3.36. The Morgan fingerprint density at radius 1 is 1.25 bits per heavy atom. The van der Waals surface area contributed by atoms with Gasteiger partial charge in [-0.2, -0.15) is 18.3 Å². The quantitative estimate of drug-likeness (QED) is 0.242. The van der Waals surface area contributed by atoms with Gasteiger partial charge in [0.15, 0.2) is 5.69 Å². The van der Waals surface area contributed by atoms with Gasteiger partial charge in [0.05, 0.1) is 18.2 Å². The van der Waals surface area contributed by atoms with Gasteiger partial charge >= 0.3 is 6.18 Å². The highest BCUT2D eigenvalue weighted by atomic mass is 79.9. The number of halogens is 5. The van der Waals surface area contributed by atoms with Crippen molar-refractivity contribution in [3.8, 4) is 16.9 Å². The Bertz CT molecular complexity index is 1280. The van der Waals surface area contributed by atoms with Crippen LogP contribution >= 0.6 is 15.9 Å². The number of nitrogens with one attached hydrogen (secondary N) is 1. The number of aromatic nitrogens is 2. The number of ether oxygens (including phenoxy) is 1. The number of carbonyl (C=O) groups is 1. The normalized spacial score (nSPS) is 14.6. The van der Waals surface area contributed by atoms with Crippen LogP contribution in [0.5, 0.6) is 5.75 Å². The van der Waals surface area contributed by atoms with Crippen molar-refractivity contribution in [3.63, 3.8) is 0 Å². The summed E-state index contributed by atoms with van der Waals surface area (Å²) in [5.74, 6) is -0.546. The Balaban J connectivity index is 1.81. The maximum Gasteiger partial charge on any atom is 0.435 e. The van der Waals surface area contributed by atoms with Crippen LogP contribution in [0.25, 0.3) is 11.1 Å². The zero-order valence-electron chi connectivity index (χ0n) is 20.0. The zero-order chi connectivity index (χ0) is 26.2. The van der Waals surface area contributed by atoms with Crippen molar-refractivity contribution < 1.29 is 27.1 Å².